The molecule has 6 heteroatoms. The van der Waals surface area contributed by atoms with Crippen LogP contribution in [0.3, 0.4) is 0 Å². The number of aliphatic hydroxyl groups is 2. The van der Waals surface area contributed by atoms with Gasteiger partial charge in [0.2, 0.25) is 5.91 Å². The first-order chi connectivity index (χ1) is 36.5. The van der Waals surface area contributed by atoms with Crippen molar-refractivity contribution in [3.05, 3.63) is 12.2 Å². The molecule has 0 spiro atoms. The maximum Gasteiger partial charge on any atom is 0.305 e. The van der Waals surface area contributed by atoms with E-state index in [-0.39, 0.29) is 18.5 Å². The second-order valence-electron chi connectivity index (χ2n) is 23.5. The fraction of sp³-hybridized carbons (Fsp3) is 0.941. The molecular weight excluding hydrogens is 911 g/mol. The topological polar surface area (TPSA) is 95.9 Å². The van der Waals surface area contributed by atoms with E-state index >= 15 is 0 Å². The minimum absolute atomic E-state index is 0.00380. The van der Waals surface area contributed by atoms with E-state index < -0.39 is 12.1 Å². The molecule has 1 amide bonds. The third-order valence-electron chi connectivity index (χ3n) is 16.1. The summed E-state index contributed by atoms with van der Waals surface area (Å²) in [6, 6.07) is -0.554. The Morgan fingerprint density at radius 2 is 0.635 bits per heavy atom. The predicted octanol–water partition coefficient (Wildman–Crippen LogP) is 21.6. The highest BCUT2D eigenvalue weighted by atomic mass is 16.5. The first kappa shape index (κ1) is 72.6. The molecule has 0 saturated carbocycles. The molecule has 0 aliphatic carbocycles. The van der Waals surface area contributed by atoms with Crippen LogP contribution >= 0.6 is 0 Å². The lowest BCUT2D eigenvalue weighted by molar-refractivity contribution is -0.143. The van der Waals surface area contributed by atoms with E-state index in [1.54, 1.807) is 0 Å². The molecular formula is C68H133NO5. The summed E-state index contributed by atoms with van der Waals surface area (Å²) < 4.78 is 5.49. The van der Waals surface area contributed by atoms with Gasteiger partial charge in [0.1, 0.15) is 0 Å². The normalized spacial score (nSPS) is 12.5. The van der Waals surface area contributed by atoms with Crippen molar-refractivity contribution in [1.82, 2.24) is 5.32 Å². The molecule has 0 heterocycles. The Morgan fingerprint density at radius 1 is 0.365 bits per heavy atom. The number of hydrogen-bond acceptors (Lipinski definition) is 5. The van der Waals surface area contributed by atoms with Crippen LogP contribution < -0.4 is 5.32 Å². The molecule has 0 aromatic rings. The second kappa shape index (κ2) is 64.1. The standard InChI is InChI=1S/C68H133NO5/c1-3-5-7-9-11-13-15-17-19-21-23-24-25-26-28-29-32-36-40-44-48-52-56-60-66(71)65(64-70)69-67(72)61-57-53-49-45-41-37-33-31-35-39-43-47-51-55-59-63-74-68(73)62-58-54-50-46-42-38-34-30-27-22-20-18-16-14-12-10-8-6-4-2/h35,39,65-66,70-71H,3-34,36-38,40-64H2,1-2H3,(H,69,72)/b39-35-. The second-order valence-corrected chi connectivity index (χ2v) is 23.5. The van der Waals surface area contributed by atoms with E-state index in [2.05, 4.69) is 31.3 Å². The molecule has 0 aromatic heterocycles. The van der Waals surface area contributed by atoms with Gasteiger partial charge in [-0.2, -0.15) is 0 Å². The number of carbonyl (C=O) groups excluding carboxylic acids is 2. The first-order valence-corrected chi connectivity index (χ1v) is 33.9. The third-order valence-corrected chi connectivity index (χ3v) is 16.1. The molecule has 74 heavy (non-hydrogen) atoms. The van der Waals surface area contributed by atoms with Gasteiger partial charge in [0.05, 0.1) is 25.4 Å². The van der Waals surface area contributed by atoms with Crippen molar-refractivity contribution in [3.8, 4) is 0 Å². The number of amides is 1. The van der Waals surface area contributed by atoms with Crippen LogP contribution in [0.15, 0.2) is 12.2 Å². The van der Waals surface area contributed by atoms with Gasteiger partial charge in [-0.3, -0.25) is 9.59 Å². The lowest BCUT2D eigenvalue weighted by Gasteiger charge is -2.22. The van der Waals surface area contributed by atoms with Gasteiger partial charge in [0.25, 0.3) is 0 Å². The number of ether oxygens (including phenoxy) is 1. The summed E-state index contributed by atoms with van der Waals surface area (Å²) in [5.74, 6) is -0.0490. The van der Waals surface area contributed by atoms with Crippen molar-refractivity contribution in [2.75, 3.05) is 13.2 Å². The number of allylic oxidation sites excluding steroid dienone is 2. The average Bonchev–Trinajstić information content (AvgIpc) is 3.40. The van der Waals surface area contributed by atoms with Gasteiger partial charge in [0, 0.05) is 12.8 Å². The Bertz CT molecular complexity index is 1110. The number of carbonyl (C=O) groups is 2. The lowest BCUT2D eigenvalue weighted by Crippen LogP contribution is -2.45. The lowest BCUT2D eigenvalue weighted by atomic mass is 10.0. The Balaban J connectivity index is 3.43. The van der Waals surface area contributed by atoms with Crippen molar-refractivity contribution in [3.63, 3.8) is 0 Å². The van der Waals surface area contributed by atoms with Gasteiger partial charge in [-0.1, -0.05) is 334 Å². The predicted molar refractivity (Wildman–Crippen MR) is 324 cm³/mol. The van der Waals surface area contributed by atoms with Crippen LogP contribution in [-0.2, 0) is 14.3 Å². The molecule has 0 rings (SSSR count). The molecule has 0 aliphatic heterocycles. The average molecular weight is 1040 g/mol. The van der Waals surface area contributed by atoms with Crippen molar-refractivity contribution in [2.24, 2.45) is 0 Å². The molecule has 0 bridgehead atoms. The Labute approximate surface area is 463 Å². The zero-order valence-corrected chi connectivity index (χ0v) is 50.4. The molecule has 2 unspecified atom stereocenters. The summed E-state index contributed by atoms with van der Waals surface area (Å²) in [7, 11) is 0. The largest absolute Gasteiger partial charge is 0.466 e. The molecule has 0 fully saturated rings. The summed E-state index contributed by atoms with van der Waals surface area (Å²) >= 11 is 0. The fourth-order valence-electron chi connectivity index (χ4n) is 10.9. The Kier molecular flexibility index (Phi) is 62.9. The highest BCUT2D eigenvalue weighted by Crippen LogP contribution is 2.19. The molecule has 0 saturated heterocycles. The van der Waals surface area contributed by atoms with E-state index in [0.29, 0.717) is 25.9 Å². The highest BCUT2D eigenvalue weighted by molar-refractivity contribution is 5.76. The summed E-state index contributed by atoms with van der Waals surface area (Å²) in [5, 5.41) is 23.4. The smallest absolute Gasteiger partial charge is 0.305 e. The van der Waals surface area contributed by atoms with Crippen LogP contribution in [0, 0.1) is 0 Å². The summed E-state index contributed by atoms with van der Waals surface area (Å²) in [5.41, 5.74) is 0. The molecule has 0 aromatic carbocycles. The SMILES string of the molecule is CCCCCCCCCCCCCCCCCCCCCCCCCC(O)C(CO)NC(=O)CCCCCCCCC/C=C\CCCCCCOC(=O)CCCCCCCCCCCCCCCCCCCCC. The molecule has 440 valence electrons. The maximum atomic E-state index is 12.5. The van der Waals surface area contributed by atoms with E-state index in [0.717, 1.165) is 70.6 Å². The summed E-state index contributed by atoms with van der Waals surface area (Å²) in [6.45, 7) is 4.96. The minimum atomic E-state index is -0.675. The van der Waals surface area contributed by atoms with Crippen LogP contribution in [0.5, 0.6) is 0 Å². The Hall–Kier alpha value is -1.40. The van der Waals surface area contributed by atoms with E-state index in [9.17, 15) is 19.8 Å². The monoisotopic (exact) mass is 1040 g/mol. The van der Waals surface area contributed by atoms with Crippen molar-refractivity contribution in [2.45, 2.75) is 398 Å². The van der Waals surface area contributed by atoms with Gasteiger partial charge < -0.3 is 20.3 Å². The van der Waals surface area contributed by atoms with Crippen LogP contribution in [0.4, 0.5) is 0 Å². The van der Waals surface area contributed by atoms with Gasteiger partial charge >= 0.3 is 5.97 Å². The van der Waals surface area contributed by atoms with Crippen LogP contribution in [0.2, 0.25) is 0 Å². The summed E-state index contributed by atoms with van der Waals surface area (Å²) in [6.07, 6.45) is 78.1. The number of unbranched alkanes of at least 4 members (excludes halogenated alkanes) is 51. The van der Waals surface area contributed by atoms with Gasteiger partial charge in [-0.05, 0) is 51.4 Å². The van der Waals surface area contributed by atoms with Gasteiger partial charge in [-0.25, -0.2) is 0 Å². The number of nitrogens with one attached hydrogen (secondary N) is 1. The van der Waals surface area contributed by atoms with Crippen molar-refractivity contribution >= 4 is 11.9 Å². The van der Waals surface area contributed by atoms with Gasteiger partial charge in [0.15, 0.2) is 0 Å². The molecule has 0 radical (unpaired) electrons. The minimum Gasteiger partial charge on any atom is -0.466 e. The summed E-state index contributed by atoms with van der Waals surface area (Å²) in [4.78, 5) is 24.6. The van der Waals surface area contributed by atoms with Crippen LogP contribution in [-0.4, -0.2) is 47.4 Å². The van der Waals surface area contributed by atoms with E-state index in [1.165, 1.54) is 283 Å². The molecule has 0 aliphatic rings. The zero-order chi connectivity index (χ0) is 53.6. The maximum absolute atomic E-state index is 12.5. The number of hydrogen-bond donors (Lipinski definition) is 3. The highest BCUT2D eigenvalue weighted by Gasteiger charge is 2.20. The number of esters is 1. The van der Waals surface area contributed by atoms with Crippen LogP contribution in [0.25, 0.3) is 0 Å². The quantitative estimate of drug-likeness (QED) is 0.0320. The van der Waals surface area contributed by atoms with Crippen molar-refractivity contribution < 1.29 is 24.5 Å². The van der Waals surface area contributed by atoms with Gasteiger partial charge in [-0.15, -0.1) is 0 Å². The zero-order valence-electron chi connectivity index (χ0n) is 50.4. The number of rotatable bonds is 64. The number of aliphatic hydroxyl groups excluding tert-OH is 2. The van der Waals surface area contributed by atoms with Crippen LogP contribution in [0.1, 0.15) is 386 Å². The Morgan fingerprint density at radius 3 is 0.959 bits per heavy atom. The third kappa shape index (κ3) is 59.8. The fourth-order valence-corrected chi connectivity index (χ4v) is 10.9. The molecule has 6 nitrogen and oxygen atoms in total. The van der Waals surface area contributed by atoms with Crippen molar-refractivity contribution in [1.29, 1.82) is 0 Å². The van der Waals surface area contributed by atoms with E-state index in [1.807, 2.05) is 0 Å². The van der Waals surface area contributed by atoms with E-state index in [4.69, 9.17) is 4.74 Å². The first-order valence-electron chi connectivity index (χ1n) is 33.9. The molecule has 2 atom stereocenters. The molecule has 3 N–H and O–H groups in total.